The Morgan fingerprint density at radius 2 is 2.31 bits per heavy atom. The van der Waals surface area contributed by atoms with Crippen molar-refractivity contribution in [2.45, 2.75) is 31.6 Å². The van der Waals surface area contributed by atoms with Crippen LogP contribution in [0.3, 0.4) is 0 Å². The van der Waals surface area contributed by atoms with Crippen LogP contribution in [0.25, 0.3) is 0 Å². The highest BCUT2D eigenvalue weighted by molar-refractivity contribution is 5.30. The van der Waals surface area contributed by atoms with Crippen LogP contribution in [0, 0.1) is 0 Å². The molecule has 2 rings (SSSR count). The summed E-state index contributed by atoms with van der Waals surface area (Å²) in [5, 5.41) is 4.00. The van der Waals surface area contributed by atoms with E-state index in [-0.39, 0.29) is 6.42 Å². The Morgan fingerprint density at radius 3 is 2.77 bits per heavy atom. The minimum atomic E-state index is -2.49. The lowest BCUT2D eigenvalue weighted by atomic mass is 10.1. The Morgan fingerprint density at radius 1 is 1.69 bits per heavy atom. The van der Waals surface area contributed by atoms with Gasteiger partial charge in [0.2, 0.25) is 0 Å². The van der Waals surface area contributed by atoms with Gasteiger partial charge in [-0.1, -0.05) is 6.92 Å². The molecule has 1 atom stereocenters. The maximum absolute atomic E-state index is 12.8. The monoisotopic (exact) mass is 186 g/mol. The lowest BCUT2D eigenvalue weighted by Crippen LogP contribution is -2.03. The third-order valence-corrected chi connectivity index (χ3v) is 2.60. The molecule has 1 unspecified atom stereocenters. The Kier molecular flexibility index (Phi) is 1.68. The lowest BCUT2D eigenvalue weighted by Gasteiger charge is -2.02. The highest BCUT2D eigenvalue weighted by Crippen LogP contribution is 2.56. The van der Waals surface area contributed by atoms with Crippen LogP contribution in [0.1, 0.15) is 30.5 Å². The Hall–Kier alpha value is -0.930. The van der Waals surface area contributed by atoms with Crippen LogP contribution in [0.2, 0.25) is 0 Å². The molecule has 1 aliphatic rings. The Bertz CT molecular complexity index is 330. The highest BCUT2D eigenvalue weighted by atomic mass is 19.3. The number of hydrogen-bond acceptors (Lipinski definition) is 1. The van der Waals surface area contributed by atoms with Gasteiger partial charge in [0.15, 0.2) is 0 Å². The Labute approximate surface area is 75.6 Å². The van der Waals surface area contributed by atoms with Crippen molar-refractivity contribution in [2.75, 3.05) is 0 Å². The fraction of sp³-hybridized carbons (Fsp3) is 0.667. The molecule has 1 fully saturated rings. The zero-order valence-electron chi connectivity index (χ0n) is 7.72. The van der Waals surface area contributed by atoms with E-state index in [0.717, 1.165) is 12.0 Å². The maximum atomic E-state index is 12.8. The van der Waals surface area contributed by atoms with Gasteiger partial charge in [0.1, 0.15) is 0 Å². The predicted octanol–water partition coefficient (Wildman–Crippen LogP) is 2.11. The van der Waals surface area contributed by atoms with Crippen molar-refractivity contribution >= 4 is 0 Å². The van der Waals surface area contributed by atoms with Crippen LogP contribution in [0.4, 0.5) is 8.78 Å². The first-order valence-electron chi connectivity index (χ1n) is 4.45. The molecule has 0 N–H and O–H groups in total. The van der Waals surface area contributed by atoms with Crippen LogP contribution in [0.5, 0.6) is 0 Å². The van der Waals surface area contributed by atoms with Crippen molar-refractivity contribution in [3.05, 3.63) is 17.5 Å². The average molecular weight is 186 g/mol. The minimum Gasteiger partial charge on any atom is -0.272 e. The highest BCUT2D eigenvalue weighted by Gasteiger charge is 2.59. The van der Waals surface area contributed by atoms with Crippen molar-refractivity contribution in [3.8, 4) is 0 Å². The molecular weight excluding hydrogens is 174 g/mol. The molecule has 0 aliphatic heterocycles. The van der Waals surface area contributed by atoms with E-state index >= 15 is 0 Å². The van der Waals surface area contributed by atoms with Gasteiger partial charge in [0.25, 0.3) is 5.92 Å². The molecule has 0 radical (unpaired) electrons. The number of nitrogens with zero attached hydrogens (tertiary/aromatic N) is 2. The van der Waals surface area contributed by atoms with E-state index in [4.69, 9.17) is 0 Å². The number of aromatic nitrogens is 2. The number of hydrogen-bond donors (Lipinski definition) is 0. The summed E-state index contributed by atoms with van der Waals surface area (Å²) in [5.41, 5.74) is 1.66. The molecule has 1 aliphatic carbocycles. The van der Waals surface area contributed by atoms with E-state index in [9.17, 15) is 8.78 Å². The second-order valence-corrected chi connectivity index (χ2v) is 3.55. The van der Waals surface area contributed by atoms with Gasteiger partial charge in [0, 0.05) is 13.5 Å². The summed E-state index contributed by atoms with van der Waals surface area (Å²) >= 11 is 0. The molecule has 1 aromatic rings. The third kappa shape index (κ3) is 1.24. The summed E-state index contributed by atoms with van der Waals surface area (Å²) in [6.07, 6.45) is 2.44. The molecule has 1 heterocycles. The van der Waals surface area contributed by atoms with Gasteiger partial charge in [-0.15, -0.1) is 0 Å². The molecule has 0 aromatic carbocycles. The lowest BCUT2D eigenvalue weighted by molar-refractivity contribution is 0.111. The molecule has 72 valence electrons. The van der Waals surface area contributed by atoms with E-state index in [2.05, 4.69) is 5.10 Å². The quantitative estimate of drug-likeness (QED) is 0.691. The zero-order chi connectivity index (χ0) is 9.64. The molecule has 0 spiro atoms. The van der Waals surface area contributed by atoms with Crippen molar-refractivity contribution in [1.82, 2.24) is 9.78 Å². The smallest absolute Gasteiger partial charge is 0.257 e. The summed E-state index contributed by atoms with van der Waals surface area (Å²) in [6, 6.07) is 0. The summed E-state index contributed by atoms with van der Waals surface area (Å²) in [6.45, 7) is 1.96. The molecule has 1 saturated carbocycles. The van der Waals surface area contributed by atoms with E-state index in [1.807, 2.05) is 6.92 Å². The van der Waals surface area contributed by atoms with Crippen LogP contribution in [-0.4, -0.2) is 15.7 Å². The van der Waals surface area contributed by atoms with E-state index in [1.165, 1.54) is 0 Å². The molecular formula is C9H12F2N2. The van der Waals surface area contributed by atoms with Gasteiger partial charge in [-0.05, 0) is 12.0 Å². The molecule has 1 aromatic heterocycles. The third-order valence-electron chi connectivity index (χ3n) is 2.60. The van der Waals surface area contributed by atoms with Crippen molar-refractivity contribution in [3.63, 3.8) is 0 Å². The van der Waals surface area contributed by atoms with Gasteiger partial charge in [-0.2, -0.15) is 5.10 Å². The summed E-state index contributed by atoms with van der Waals surface area (Å²) < 4.78 is 27.2. The molecule has 4 heteroatoms. The van der Waals surface area contributed by atoms with Crippen LogP contribution in [-0.2, 0) is 13.5 Å². The summed E-state index contributed by atoms with van der Waals surface area (Å²) in [7, 11) is 1.73. The normalized spacial score (nSPS) is 24.8. The molecule has 0 bridgehead atoms. The summed E-state index contributed by atoms with van der Waals surface area (Å²) in [4.78, 5) is 0. The summed E-state index contributed by atoms with van der Waals surface area (Å²) in [5.74, 6) is -3.08. The van der Waals surface area contributed by atoms with Crippen molar-refractivity contribution in [1.29, 1.82) is 0 Å². The van der Waals surface area contributed by atoms with Crippen LogP contribution >= 0.6 is 0 Å². The van der Waals surface area contributed by atoms with E-state index in [0.29, 0.717) is 5.69 Å². The number of halogens is 2. The van der Waals surface area contributed by atoms with Gasteiger partial charge < -0.3 is 0 Å². The van der Waals surface area contributed by atoms with E-state index in [1.54, 1.807) is 17.9 Å². The Balaban J connectivity index is 2.34. The first kappa shape index (κ1) is 8.66. The van der Waals surface area contributed by atoms with Gasteiger partial charge in [0.05, 0.1) is 17.8 Å². The fourth-order valence-corrected chi connectivity index (χ4v) is 1.72. The van der Waals surface area contributed by atoms with Gasteiger partial charge >= 0.3 is 0 Å². The van der Waals surface area contributed by atoms with E-state index < -0.39 is 11.8 Å². The average Bonchev–Trinajstić information content (AvgIpc) is 2.54. The molecule has 0 saturated heterocycles. The fourth-order valence-electron chi connectivity index (χ4n) is 1.72. The van der Waals surface area contributed by atoms with Crippen molar-refractivity contribution < 1.29 is 8.78 Å². The zero-order valence-corrected chi connectivity index (χ0v) is 7.72. The molecule has 13 heavy (non-hydrogen) atoms. The second kappa shape index (κ2) is 2.53. The number of rotatable bonds is 2. The molecule has 0 amide bonds. The maximum Gasteiger partial charge on any atom is 0.257 e. The number of alkyl halides is 2. The molecule has 2 nitrogen and oxygen atoms in total. The van der Waals surface area contributed by atoms with Crippen LogP contribution < -0.4 is 0 Å². The van der Waals surface area contributed by atoms with Gasteiger partial charge in [-0.3, -0.25) is 4.68 Å². The first-order valence-corrected chi connectivity index (χ1v) is 4.45. The standard InChI is InChI=1S/C9H12F2N2/c1-3-6-5-12-13(2)8(6)7-4-9(7,10)11/h5,7H,3-4H2,1-2H3. The second-order valence-electron chi connectivity index (χ2n) is 3.55. The predicted molar refractivity (Wildman–Crippen MR) is 44.9 cm³/mol. The van der Waals surface area contributed by atoms with Crippen molar-refractivity contribution in [2.24, 2.45) is 7.05 Å². The topological polar surface area (TPSA) is 17.8 Å². The number of aryl methyl sites for hydroxylation is 2. The SMILES string of the molecule is CCc1cnn(C)c1C1CC1(F)F. The van der Waals surface area contributed by atoms with Gasteiger partial charge in [-0.25, -0.2) is 8.78 Å². The minimum absolute atomic E-state index is 0.0144. The largest absolute Gasteiger partial charge is 0.272 e. The van der Waals surface area contributed by atoms with Crippen LogP contribution in [0.15, 0.2) is 6.20 Å². The first-order chi connectivity index (χ1) is 6.06.